The van der Waals surface area contributed by atoms with Gasteiger partial charge in [-0.1, -0.05) is 60.7 Å². The Hall–Kier alpha value is -2.99. The summed E-state index contributed by atoms with van der Waals surface area (Å²) >= 11 is 0. The van der Waals surface area contributed by atoms with E-state index in [4.69, 9.17) is 4.52 Å². The van der Waals surface area contributed by atoms with Gasteiger partial charge < -0.3 is 14.5 Å². The van der Waals surface area contributed by atoms with Gasteiger partial charge in [0.05, 0.1) is 0 Å². The van der Waals surface area contributed by atoms with E-state index >= 15 is 0 Å². The normalized spacial score (nSPS) is 15.7. The molecule has 4 rings (SSSR count). The molecule has 0 radical (unpaired) electrons. The maximum Gasteiger partial charge on any atom is 0.294 e. The van der Waals surface area contributed by atoms with E-state index in [0.29, 0.717) is 25.9 Å². The van der Waals surface area contributed by atoms with Crippen LogP contribution in [-0.2, 0) is 5.60 Å². The quantitative estimate of drug-likeness (QED) is 0.771. The molecule has 27 heavy (non-hydrogen) atoms. The Morgan fingerprint density at radius 1 is 1.00 bits per heavy atom. The summed E-state index contributed by atoms with van der Waals surface area (Å²) in [6.07, 6.45) is 2.71. The second kappa shape index (κ2) is 7.32. The van der Waals surface area contributed by atoms with Gasteiger partial charge in [0.2, 0.25) is 5.76 Å². The summed E-state index contributed by atoms with van der Waals surface area (Å²) < 4.78 is 4.88. The molecule has 6 heteroatoms. The molecule has 1 aliphatic heterocycles. The summed E-state index contributed by atoms with van der Waals surface area (Å²) in [4.78, 5) is 14.2. The number of piperidine rings is 1. The summed E-state index contributed by atoms with van der Waals surface area (Å²) in [5.74, 6) is -0.0598. The monoisotopic (exact) mass is 363 g/mol. The van der Waals surface area contributed by atoms with E-state index in [2.05, 4.69) is 10.4 Å². The van der Waals surface area contributed by atoms with Crippen molar-refractivity contribution in [1.82, 2.24) is 15.3 Å². The minimum absolute atomic E-state index is 0.000740. The highest BCUT2D eigenvalue weighted by atomic mass is 16.5. The van der Waals surface area contributed by atoms with E-state index in [-0.39, 0.29) is 17.6 Å². The van der Waals surface area contributed by atoms with Gasteiger partial charge in [0.25, 0.3) is 5.91 Å². The van der Waals surface area contributed by atoms with Crippen LogP contribution in [0.5, 0.6) is 0 Å². The molecular formula is C21H21N3O3. The largest absolute Gasteiger partial charge is 0.380 e. The molecule has 0 spiro atoms. The van der Waals surface area contributed by atoms with Crippen LogP contribution >= 0.6 is 0 Å². The van der Waals surface area contributed by atoms with Crippen LogP contribution in [0.25, 0.3) is 0 Å². The van der Waals surface area contributed by atoms with Crippen LogP contribution in [0.15, 0.2) is 71.4 Å². The zero-order valence-electron chi connectivity index (χ0n) is 14.9. The zero-order chi connectivity index (χ0) is 18.7. The average Bonchev–Trinajstić information content (AvgIpc) is 3.29. The summed E-state index contributed by atoms with van der Waals surface area (Å²) in [7, 11) is 0. The van der Waals surface area contributed by atoms with Crippen molar-refractivity contribution in [2.45, 2.75) is 18.4 Å². The standard InChI is InChI=1S/C21H21N3O3/c25-20(19-15-22-23-27-19)24-13-11-18(12-14-24)21(26,16-7-3-1-4-8-16)17-9-5-2-6-10-17/h1-10,15,18,26H,11-14H2. The molecule has 0 saturated carbocycles. The number of hydrogen-bond donors (Lipinski definition) is 1. The maximum absolute atomic E-state index is 12.4. The molecule has 6 nitrogen and oxygen atoms in total. The highest BCUT2D eigenvalue weighted by Gasteiger charge is 2.42. The zero-order valence-corrected chi connectivity index (χ0v) is 14.9. The lowest BCUT2D eigenvalue weighted by atomic mass is 9.72. The highest BCUT2D eigenvalue weighted by Crippen LogP contribution is 2.41. The first kappa shape index (κ1) is 17.4. The molecule has 1 amide bonds. The fourth-order valence-electron chi connectivity index (χ4n) is 3.94. The van der Waals surface area contributed by atoms with Gasteiger partial charge in [-0.25, -0.2) is 0 Å². The van der Waals surface area contributed by atoms with Crippen molar-refractivity contribution in [3.8, 4) is 0 Å². The molecule has 1 aliphatic rings. The fraction of sp³-hybridized carbons (Fsp3) is 0.286. The summed E-state index contributed by atoms with van der Waals surface area (Å²) in [6.45, 7) is 1.10. The molecule has 0 unspecified atom stereocenters. The molecule has 138 valence electrons. The number of carbonyl (C=O) groups excluding carboxylic acids is 1. The van der Waals surface area contributed by atoms with E-state index in [1.807, 2.05) is 60.7 Å². The molecule has 0 atom stereocenters. The van der Waals surface area contributed by atoms with Crippen LogP contribution in [0.1, 0.15) is 34.5 Å². The number of benzene rings is 2. The smallest absolute Gasteiger partial charge is 0.294 e. The van der Waals surface area contributed by atoms with Crippen molar-refractivity contribution >= 4 is 5.91 Å². The predicted octanol–water partition coefficient (Wildman–Crippen LogP) is 2.86. The van der Waals surface area contributed by atoms with Gasteiger partial charge in [0.1, 0.15) is 11.8 Å². The van der Waals surface area contributed by atoms with E-state index in [9.17, 15) is 9.90 Å². The second-order valence-electron chi connectivity index (χ2n) is 6.85. The molecule has 0 bridgehead atoms. The molecule has 1 fully saturated rings. The minimum atomic E-state index is -1.09. The van der Waals surface area contributed by atoms with Gasteiger partial charge in [-0.2, -0.15) is 0 Å². The van der Waals surface area contributed by atoms with Gasteiger partial charge in [0.15, 0.2) is 0 Å². The number of aliphatic hydroxyl groups is 1. The first-order valence-corrected chi connectivity index (χ1v) is 9.09. The number of aromatic nitrogens is 2. The van der Waals surface area contributed by atoms with Crippen LogP contribution in [0, 0.1) is 5.92 Å². The van der Waals surface area contributed by atoms with Crippen LogP contribution < -0.4 is 0 Å². The fourth-order valence-corrected chi connectivity index (χ4v) is 3.94. The maximum atomic E-state index is 12.4. The topological polar surface area (TPSA) is 79.5 Å². The van der Waals surface area contributed by atoms with Gasteiger partial charge in [-0.15, -0.1) is 5.10 Å². The van der Waals surface area contributed by atoms with Crippen molar-refractivity contribution in [3.05, 3.63) is 83.7 Å². The first-order valence-electron chi connectivity index (χ1n) is 9.09. The van der Waals surface area contributed by atoms with Crippen LogP contribution in [0.3, 0.4) is 0 Å². The average molecular weight is 363 g/mol. The SMILES string of the molecule is O=C(c1cnno1)N1CCC(C(O)(c2ccccc2)c2ccccc2)CC1. The van der Waals surface area contributed by atoms with Gasteiger partial charge in [-0.05, 0) is 29.9 Å². The molecule has 2 aromatic carbocycles. The lowest BCUT2D eigenvalue weighted by Gasteiger charge is -2.42. The van der Waals surface area contributed by atoms with E-state index in [1.54, 1.807) is 4.90 Å². The lowest BCUT2D eigenvalue weighted by molar-refractivity contribution is -0.0127. The molecule has 3 aromatic rings. The Morgan fingerprint density at radius 3 is 2.04 bits per heavy atom. The van der Waals surface area contributed by atoms with Crippen LogP contribution in [-0.4, -0.2) is 39.4 Å². The summed E-state index contributed by atoms with van der Waals surface area (Å²) in [6, 6.07) is 19.5. The van der Waals surface area contributed by atoms with Gasteiger partial charge >= 0.3 is 0 Å². The number of nitrogens with zero attached hydrogens (tertiary/aromatic N) is 3. The number of rotatable bonds is 4. The van der Waals surface area contributed by atoms with Crippen molar-refractivity contribution in [1.29, 1.82) is 0 Å². The lowest BCUT2D eigenvalue weighted by Crippen LogP contribution is -2.46. The predicted molar refractivity (Wildman–Crippen MR) is 98.8 cm³/mol. The Balaban J connectivity index is 1.59. The minimum Gasteiger partial charge on any atom is -0.380 e. The molecule has 1 saturated heterocycles. The van der Waals surface area contributed by atoms with E-state index in [0.717, 1.165) is 11.1 Å². The van der Waals surface area contributed by atoms with Gasteiger partial charge in [-0.3, -0.25) is 4.79 Å². The van der Waals surface area contributed by atoms with E-state index < -0.39 is 5.60 Å². The number of hydrogen-bond acceptors (Lipinski definition) is 5. The summed E-state index contributed by atoms with van der Waals surface area (Å²) in [5.41, 5.74) is 0.659. The van der Waals surface area contributed by atoms with E-state index in [1.165, 1.54) is 6.20 Å². The second-order valence-corrected chi connectivity index (χ2v) is 6.85. The molecule has 1 aromatic heterocycles. The van der Waals surface area contributed by atoms with Crippen molar-refractivity contribution in [2.75, 3.05) is 13.1 Å². The van der Waals surface area contributed by atoms with Crippen LogP contribution in [0.2, 0.25) is 0 Å². The Labute approximate surface area is 157 Å². The van der Waals surface area contributed by atoms with Crippen molar-refractivity contribution in [2.24, 2.45) is 5.92 Å². The molecule has 0 aliphatic carbocycles. The Morgan fingerprint density at radius 2 is 1.56 bits per heavy atom. The summed E-state index contributed by atoms with van der Waals surface area (Å²) in [5, 5.41) is 18.8. The third-order valence-electron chi connectivity index (χ3n) is 5.37. The third-order valence-corrected chi connectivity index (χ3v) is 5.37. The first-order chi connectivity index (χ1) is 13.2. The molecule has 1 N–H and O–H groups in total. The molecule has 2 heterocycles. The van der Waals surface area contributed by atoms with Crippen LogP contribution in [0.4, 0.5) is 0 Å². The highest BCUT2D eigenvalue weighted by molar-refractivity contribution is 5.91. The van der Waals surface area contributed by atoms with Crippen molar-refractivity contribution in [3.63, 3.8) is 0 Å². The number of carbonyl (C=O) groups is 1. The third kappa shape index (κ3) is 3.24. The van der Waals surface area contributed by atoms with Gasteiger partial charge in [0, 0.05) is 18.4 Å². The number of amides is 1. The Bertz CT molecular complexity index is 834. The Kier molecular flexibility index (Phi) is 4.73. The molecular weight excluding hydrogens is 342 g/mol. The number of likely N-dealkylation sites (tertiary alicyclic amines) is 1. The van der Waals surface area contributed by atoms with Crippen molar-refractivity contribution < 1.29 is 14.4 Å².